The minimum Gasteiger partial charge on any atom is -0.382 e. The van der Waals surface area contributed by atoms with Gasteiger partial charge in [-0.2, -0.15) is 0 Å². The molecule has 1 atom stereocenters. The van der Waals surface area contributed by atoms with Gasteiger partial charge in [-0.3, -0.25) is 0 Å². The molecule has 0 aromatic heterocycles. The zero-order chi connectivity index (χ0) is 10.2. The lowest BCUT2D eigenvalue weighted by Crippen LogP contribution is -2.14. The van der Waals surface area contributed by atoms with Gasteiger partial charge in [-0.25, -0.2) is 0 Å². The van der Waals surface area contributed by atoms with Crippen molar-refractivity contribution < 1.29 is 4.74 Å². The zero-order valence-corrected chi connectivity index (χ0v) is 8.78. The van der Waals surface area contributed by atoms with Crippen LogP contribution in [0.3, 0.4) is 0 Å². The third-order valence-corrected chi connectivity index (χ3v) is 2.37. The predicted octanol–water partition coefficient (Wildman–Crippen LogP) is 2.16. The largest absolute Gasteiger partial charge is 0.382 e. The molecule has 0 amide bonds. The molecule has 0 bridgehead atoms. The summed E-state index contributed by atoms with van der Waals surface area (Å²) >= 11 is 0. The van der Waals surface area contributed by atoms with Gasteiger partial charge >= 0.3 is 0 Å². The maximum Gasteiger partial charge on any atom is 0.0472 e. The SMILES string of the molecule is CCOCC[C@@H](CN)c1ccccc1. The second kappa shape index (κ2) is 6.57. The Hall–Kier alpha value is -0.860. The Morgan fingerprint density at radius 1 is 1.29 bits per heavy atom. The molecule has 78 valence electrons. The molecule has 1 aromatic rings. The van der Waals surface area contributed by atoms with Gasteiger partial charge in [-0.05, 0) is 31.4 Å². The summed E-state index contributed by atoms with van der Waals surface area (Å²) in [6.45, 7) is 4.29. The maximum absolute atomic E-state index is 5.73. The predicted molar refractivity (Wildman–Crippen MR) is 59.3 cm³/mol. The third-order valence-electron chi connectivity index (χ3n) is 2.37. The molecular formula is C12H19NO. The van der Waals surface area contributed by atoms with Crippen LogP contribution in [0.4, 0.5) is 0 Å². The van der Waals surface area contributed by atoms with Crippen molar-refractivity contribution in [1.82, 2.24) is 0 Å². The molecule has 0 aliphatic carbocycles. The Bertz CT molecular complexity index is 235. The van der Waals surface area contributed by atoms with Crippen LogP contribution in [0.25, 0.3) is 0 Å². The topological polar surface area (TPSA) is 35.2 Å². The number of benzene rings is 1. The van der Waals surface area contributed by atoms with Gasteiger partial charge in [0.1, 0.15) is 0 Å². The summed E-state index contributed by atoms with van der Waals surface area (Å²) in [4.78, 5) is 0. The lowest BCUT2D eigenvalue weighted by molar-refractivity contribution is 0.140. The first-order valence-corrected chi connectivity index (χ1v) is 5.21. The van der Waals surface area contributed by atoms with Gasteiger partial charge in [0, 0.05) is 13.2 Å². The maximum atomic E-state index is 5.73. The molecule has 0 fully saturated rings. The van der Waals surface area contributed by atoms with Crippen molar-refractivity contribution in [3.63, 3.8) is 0 Å². The summed E-state index contributed by atoms with van der Waals surface area (Å²) in [6, 6.07) is 10.4. The van der Waals surface area contributed by atoms with E-state index in [9.17, 15) is 0 Å². The van der Waals surface area contributed by atoms with Crippen molar-refractivity contribution >= 4 is 0 Å². The summed E-state index contributed by atoms with van der Waals surface area (Å²) < 4.78 is 5.33. The molecule has 1 aromatic carbocycles. The van der Waals surface area contributed by atoms with E-state index in [1.807, 2.05) is 13.0 Å². The van der Waals surface area contributed by atoms with E-state index in [1.165, 1.54) is 5.56 Å². The van der Waals surface area contributed by atoms with Crippen molar-refractivity contribution in [1.29, 1.82) is 0 Å². The molecule has 0 unspecified atom stereocenters. The van der Waals surface area contributed by atoms with Crippen LogP contribution in [-0.2, 0) is 4.74 Å². The van der Waals surface area contributed by atoms with Crippen molar-refractivity contribution in [2.45, 2.75) is 19.3 Å². The summed E-state index contributed by atoms with van der Waals surface area (Å²) in [5.74, 6) is 0.433. The molecule has 0 aliphatic heterocycles. The van der Waals surface area contributed by atoms with E-state index < -0.39 is 0 Å². The Morgan fingerprint density at radius 2 is 2.00 bits per heavy atom. The average Bonchev–Trinajstić information content (AvgIpc) is 2.26. The van der Waals surface area contributed by atoms with Crippen LogP contribution in [0.5, 0.6) is 0 Å². The summed E-state index contributed by atoms with van der Waals surface area (Å²) in [7, 11) is 0. The van der Waals surface area contributed by atoms with E-state index in [-0.39, 0.29) is 0 Å². The minimum absolute atomic E-state index is 0.433. The Kier molecular flexibility index (Phi) is 5.27. The van der Waals surface area contributed by atoms with Gasteiger partial charge in [0.2, 0.25) is 0 Å². The molecule has 0 saturated carbocycles. The Morgan fingerprint density at radius 3 is 2.57 bits per heavy atom. The highest BCUT2D eigenvalue weighted by atomic mass is 16.5. The van der Waals surface area contributed by atoms with Crippen LogP contribution >= 0.6 is 0 Å². The molecule has 0 radical (unpaired) electrons. The van der Waals surface area contributed by atoms with E-state index in [1.54, 1.807) is 0 Å². The number of hydrogen-bond acceptors (Lipinski definition) is 2. The molecule has 2 heteroatoms. The van der Waals surface area contributed by atoms with Crippen molar-refractivity contribution in [3.05, 3.63) is 35.9 Å². The summed E-state index contributed by atoms with van der Waals surface area (Å²) in [5, 5.41) is 0. The third kappa shape index (κ3) is 3.48. The lowest BCUT2D eigenvalue weighted by Gasteiger charge is -2.14. The van der Waals surface area contributed by atoms with E-state index in [0.717, 1.165) is 19.6 Å². The van der Waals surface area contributed by atoms with Gasteiger partial charge < -0.3 is 10.5 Å². The van der Waals surface area contributed by atoms with Crippen LogP contribution in [0.1, 0.15) is 24.8 Å². The smallest absolute Gasteiger partial charge is 0.0472 e. The number of rotatable bonds is 6. The fourth-order valence-electron chi connectivity index (χ4n) is 1.52. The Balaban J connectivity index is 2.46. The van der Waals surface area contributed by atoms with Gasteiger partial charge in [0.25, 0.3) is 0 Å². The number of nitrogens with two attached hydrogens (primary N) is 1. The summed E-state index contributed by atoms with van der Waals surface area (Å²) in [6.07, 6.45) is 1.01. The molecule has 14 heavy (non-hydrogen) atoms. The molecule has 0 aliphatic rings. The lowest BCUT2D eigenvalue weighted by atomic mass is 9.96. The van der Waals surface area contributed by atoms with Crippen LogP contribution < -0.4 is 5.73 Å². The Labute approximate surface area is 86.1 Å². The summed E-state index contributed by atoms with van der Waals surface area (Å²) in [5.41, 5.74) is 7.05. The van der Waals surface area contributed by atoms with Gasteiger partial charge in [0.05, 0.1) is 0 Å². The van der Waals surface area contributed by atoms with Gasteiger partial charge in [-0.15, -0.1) is 0 Å². The first kappa shape index (κ1) is 11.2. The second-order valence-corrected chi connectivity index (χ2v) is 3.33. The monoisotopic (exact) mass is 193 g/mol. The standard InChI is InChI=1S/C12H19NO/c1-2-14-9-8-12(10-13)11-6-4-3-5-7-11/h3-7,12H,2,8-10,13H2,1H3/t12-/m0/s1. The van der Waals surface area contributed by atoms with Gasteiger partial charge in [0.15, 0.2) is 0 Å². The highest BCUT2D eigenvalue weighted by molar-refractivity contribution is 5.19. The molecule has 0 spiro atoms. The average molecular weight is 193 g/mol. The van der Waals surface area contributed by atoms with Crippen LogP contribution in [-0.4, -0.2) is 19.8 Å². The van der Waals surface area contributed by atoms with Crippen molar-refractivity contribution in [2.75, 3.05) is 19.8 Å². The van der Waals surface area contributed by atoms with Crippen LogP contribution in [0.2, 0.25) is 0 Å². The highest BCUT2D eigenvalue weighted by Gasteiger charge is 2.08. The minimum atomic E-state index is 0.433. The molecule has 0 saturated heterocycles. The first-order valence-electron chi connectivity index (χ1n) is 5.21. The molecule has 2 N–H and O–H groups in total. The van der Waals surface area contributed by atoms with E-state index in [2.05, 4.69) is 24.3 Å². The molecule has 2 nitrogen and oxygen atoms in total. The van der Waals surface area contributed by atoms with Gasteiger partial charge in [-0.1, -0.05) is 30.3 Å². The van der Waals surface area contributed by atoms with E-state index in [4.69, 9.17) is 10.5 Å². The van der Waals surface area contributed by atoms with Crippen LogP contribution in [0, 0.1) is 0 Å². The van der Waals surface area contributed by atoms with E-state index in [0.29, 0.717) is 12.5 Å². The molecular weight excluding hydrogens is 174 g/mol. The molecule has 1 rings (SSSR count). The fourth-order valence-corrected chi connectivity index (χ4v) is 1.52. The zero-order valence-electron chi connectivity index (χ0n) is 8.78. The highest BCUT2D eigenvalue weighted by Crippen LogP contribution is 2.17. The second-order valence-electron chi connectivity index (χ2n) is 3.33. The molecule has 0 heterocycles. The van der Waals surface area contributed by atoms with Crippen molar-refractivity contribution in [3.8, 4) is 0 Å². The normalized spacial score (nSPS) is 12.7. The first-order chi connectivity index (χ1) is 6.88. The number of ether oxygens (including phenoxy) is 1. The quantitative estimate of drug-likeness (QED) is 0.703. The fraction of sp³-hybridized carbons (Fsp3) is 0.500. The van der Waals surface area contributed by atoms with E-state index >= 15 is 0 Å². The number of hydrogen-bond donors (Lipinski definition) is 1. The van der Waals surface area contributed by atoms with Crippen molar-refractivity contribution in [2.24, 2.45) is 5.73 Å². The van der Waals surface area contributed by atoms with Crippen LogP contribution in [0.15, 0.2) is 30.3 Å².